The summed E-state index contributed by atoms with van der Waals surface area (Å²) in [4.78, 5) is 10.7. The topological polar surface area (TPSA) is 58.3 Å². The van der Waals surface area contributed by atoms with Crippen LogP contribution in [0.15, 0.2) is 24.4 Å². The lowest BCUT2D eigenvalue weighted by molar-refractivity contribution is 0.177. The molecule has 9 heteroatoms. The third-order valence-corrected chi connectivity index (χ3v) is 4.95. The van der Waals surface area contributed by atoms with Crippen molar-refractivity contribution in [3.8, 4) is 11.4 Å². The molecule has 6 nitrogen and oxygen atoms in total. The van der Waals surface area contributed by atoms with Gasteiger partial charge in [0.25, 0.3) is 0 Å². The van der Waals surface area contributed by atoms with Crippen molar-refractivity contribution in [3.63, 3.8) is 0 Å². The first-order chi connectivity index (χ1) is 12.4. The SMILES string of the molecule is CN(C)C1CC(Nc2nc(-c3c(F)cccc3F)nc3c(Cl)cnn23)C1. The van der Waals surface area contributed by atoms with Gasteiger partial charge in [-0.2, -0.15) is 14.6 Å². The first-order valence-corrected chi connectivity index (χ1v) is 8.60. The van der Waals surface area contributed by atoms with Crippen molar-refractivity contribution in [1.82, 2.24) is 24.5 Å². The number of hydrogen-bond donors (Lipinski definition) is 1. The molecular weight excluding hydrogens is 362 g/mol. The van der Waals surface area contributed by atoms with E-state index in [4.69, 9.17) is 11.6 Å². The summed E-state index contributed by atoms with van der Waals surface area (Å²) in [5.41, 5.74) is 0.0143. The molecule has 2 heterocycles. The minimum absolute atomic E-state index is 0.0681. The van der Waals surface area contributed by atoms with Crippen LogP contribution >= 0.6 is 11.6 Å². The Morgan fingerprint density at radius 3 is 2.54 bits per heavy atom. The summed E-state index contributed by atoms with van der Waals surface area (Å²) in [6, 6.07) is 4.33. The molecule has 0 unspecified atom stereocenters. The van der Waals surface area contributed by atoms with Gasteiger partial charge in [0.15, 0.2) is 11.5 Å². The number of fused-ring (bicyclic) bond motifs is 1. The summed E-state index contributed by atoms with van der Waals surface area (Å²) in [5, 5.41) is 7.74. The maximum atomic E-state index is 14.2. The third-order valence-electron chi connectivity index (χ3n) is 4.69. The molecular formula is C17H17ClF2N6. The maximum Gasteiger partial charge on any atom is 0.228 e. The highest BCUT2D eigenvalue weighted by atomic mass is 35.5. The molecule has 1 fully saturated rings. The first-order valence-electron chi connectivity index (χ1n) is 8.22. The van der Waals surface area contributed by atoms with Crippen LogP contribution in [-0.2, 0) is 0 Å². The smallest absolute Gasteiger partial charge is 0.228 e. The molecule has 0 spiro atoms. The predicted octanol–water partition coefficient (Wildman–Crippen LogP) is 3.23. The Bertz CT molecular complexity index is 947. The molecule has 0 amide bonds. The van der Waals surface area contributed by atoms with Crippen molar-refractivity contribution in [2.24, 2.45) is 0 Å². The van der Waals surface area contributed by atoms with Crippen LogP contribution in [0.25, 0.3) is 17.0 Å². The second kappa shape index (κ2) is 6.44. The van der Waals surface area contributed by atoms with Crippen LogP contribution in [0.1, 0.15) is 12.8 Å². The number of aromatic nitrogens is 4. The zero-order chi connectivity index (χ0) is 18.4. The van der Waals surface area contributed by atoms with E-state index in [0.29, 0.717) is 17.6 Å². The van der Waals surface area contributed by atoms with Crippen LogP contribution in [0.3, 0.4) is 0 Å². The summed E-state index contributed by atoms with van der Waals surface area (Å²) in [6.07, 6.45) is 3.31. The van der Waals surface area contributed by atoms with Gasteiger partial charge >= 0.3 is 0 Å². The summed E-state index contributed by atoms with van der Waals surface area (Å²) < 4.78 is 29.8. The average molecular weight is 379 g/mol. The molecule has 0 saturated heterocycles. The molecule has 0 bridgehead atoms. The molecule has 136 valence electrons. The van der Waals surface area contributed by atoms with Crippen molar-refractivity contribution >= 4 is 23.2 Å². The molecule has 0 atom stereocenters. The third kappa shape index (κ3) is 2.89. The predicted molar refractivity (Wildman–Crippen MR) is 95.3 cm³/mol. The lowest BCUT2D eigenvalue weighted by Crippen LogP contribution is -2.47. The Morgan fingerprint density at radius 1 is 1.19 bits per heavy atom. The maximum absolute atomic E-state index is 14.2. The highest BCUT2D eigenvalue weighted by Crippen LogP contribution is 2.30. The minimum Gasteiger partial charge on any atom is -0.351 e. The quantitative estimate of drug-likeness (QED) is 0.755. The average Bonchev–Trinajstić information content (AvgIpc) is 2.91. The van der Waals surface area contributed by atoms with Crippen molar-refractivity contribution in [3.05, 3.63) is 41.1 Å². The van der Waals surface area contributed by atoms with Crippen molar-refractivity contribution in [2.45, 2.75) is 24.9 Å². The summed E-state index contributed by atoms with van der Waals surface area (Å²) in [6.45, 7) is 0. The standard InChI is InChI=1S/C17H17ClF2N6/c1-25(2)10-6-9(7-10)22-17-24-15(14-12(19)4-3-5-13(14)20)23-16-11(18)8-21-26(16)17/h3-5,8-10H,6-7H2,1-2H3,(H,22,23,24). The zero-order valence-corrected chi connectivity index (χ0v) is 15.0. The molecule has 1 aliphatic rings. The van der Waals surface area contributed by atoms with Gasteiger partial charge in [0, 0.05) is 12.1 Å². The molecule has 0 radical (unpaired) electrons. The Kier molecular flexibility index (Phi) is 4.24. The van der Waals surface area contributed by atoms with E-state index < -0.39 is 11.6 Å². The number of nitrogens with zero attached hydrogens (tertiary/aromatic N) is 5. The number of rotatable bonds is 4. The van der Waals surface area contributed by atoms with Gasteiger partial charge in [0.05, 0.1) is 11.8 Å². The fraction of sp³-hybridized carbons (Fsp3) is 0.353. The summed E-state index contributed by atoms with van der Waals surface area (Å²) >= 11 is 6.14. The van der Waals surface area contributed by atoms with Crippen LogP contribution in [0.2, 0.25) is 5.02 Å². The monoisotopic (exact) mass is 378 g/mol. The van der Waals surface area contributed by atoms with Crippen molar-refractivity contribution < 1.29 is 8.78 Å². The van der Waals surface area contributed by atoms with E-state index in [0.717, 1.165) is 12.8 Å². The van der Waals surface area contributed by atoms with Crippen LogP contribution in [-0.4, -0.2) is 50.7 Å². The van der Waals surface area contributed by atoms with Crippen molar-refractivity contribution in [2.75, 3.05) is 19.4 Å². The van der Waals surface area contributed by atoms with Crippen LogP contribution in [0.4, 0.5) is 14.7 Å². The fourth-order valence-corrected chi connectivity index (χ4v) is 3.24. The first kappa shape index (κ1) is 17.1. The van der Waals surface area contributed by atoms with Gasteiger partial charge in [-0.05, 0) is 39.1 Å². The van der Waals surface area contributed by atoms with E-state index >= 15 is 0 Å². The van der Waals surface area contributed by atoms with E-state index in [1.54, 1.807) is 0 Å². The van der Waals surface area contributed by atoms with Gasteiger partial charge < -0.3 is 10.2 Å². The highest BCUT2D eigenvalue weighted by molar-refractivity contribution is 6.33. The molecule has 26 heavy (non-hydrogen) atoms. The lowest BCUT2D eigenvalue weighted by atomic mass is 9.86. The largest absolute Gasteiger partial charge is 0.351 e. The number of hydrogen-bond acceptors (Lipinski definition) is 5. The highest BCUT2D eigenvalue weighted by Gasteiger charge is 2.31. The molecule has 4 rings (SSSR count). The molecule has 1 aliphatic carbocycles. The Balaban J connectivity index is 1.75. The Morgan fingerprint density at radius 2 is 1.88 bits per heavy atom. The number of halogens is 3. The van der Waals surface area contributed by atoms with Crippen LogP contribution in [0, 0.1) is 11.6 Å². The second-order valence-corrected chi connectivity index (χ2v) is 7.03. The van der Waals surface area contributed by atoms with Crippen LogP contribution in [0.5, 0.6) is 0 Å². The Hall–Kier alpha value is -2.32. The van der Waals surface area contributed by atoms with Gasteiger partial charge in [-0.15, -0.1) is 0 Å². The van der Waals surface area contributed by atoms with E-state index in [1.807, 2.05) is 14.1 Å². The number of anilines is 1. The van der Waals surface area contributed by atoms with E-state index in [-0.39, 0.29) is 22.5 Å². The number of benzene rings is 1. The molecule has 1 N–H and O–H groups in total. The normalized spacial score (nSPS) is 19.8. The van der Waals surface area contributed by atoms with Gasteiger partial charge in [-0.1, -0.05) is 17.7 Å². The zero-order valence-electron chi connectivity index (χ0n) is 14.2. The molecule has 1 saturated carbocycles. The molecule has 2 aromatic heterocycles. The summed E-state index contributed by atoms with van der Waals surface area (Å²) in [5.74, 6) is -1.16. The van der Waals surface area contributed by atoms with Gasteiger partial charge in [0.1, 0.15) is 16.7 Å². The van der Waals surface area contributed by atoms with E-state index in [1.165, 1.54) is 28.9 Å². The Labute approximate surface area is 153 Å². The lowest BCUT2D eigenvalue weighted by Gasteiger charge is -2.40. The summed E-state index contributed by atoms with van der Waals surface area (Å²) in [7, 11) is 4.08. The fourth-order valence-electron chi connectivity index (χ4n) is 3.08. The van der Waals surface area contributed by atoms with E-state index in [9.17, 15) is 8.78 Å². The number of nitrogens with one attached hydrogen (secondary N) is 1. The molecule has 0 aliphatic heterocycles. The van der Waals surface area contributed by atoms with Crippen molar-refractivity contribution in [1.29, 1.82) is 0 Å². The van der Waals surface area contributed by atoms with Gasteiger partial charge in [-0.3, -0.25) is 0 Å². The molecule has 3 aromatic rings. The minimum atomic E-state index is -0.729. The second-order valence-electron chi connectivity index (χ2n) is 6.63. The van der Waals surface area contributed by atoms with Gasteiger partial charge in [0.2, 0.25) is 5.95 Å². The van der Waals surface area contributed by atoms with Crippen LogP contribution < -0.4 is 5.32 Å². The molecule has 1 aromatic carbocycles. The van der Waals surface area contributed by atoms with E-state index in [2.05, 4.69) is 25.3 Å². The van der Waals surface area contributed by atoms with Gasteiger partial charge in [-0.25, -0.2) is 13.8 Å².